The number of halogens is 1. The van der Waals surface area contributed by atoms with Gasteiger partial charge >= 0.3 is 0 Å². The van der Waals surface area contributed by atoms with Gasteiger partial charge in [-0.15, -0.1) is 0 Å². The van der Waals surface area contributed by atoms with E-state index in [1.54, 1.807) is 32.2 Å². The van der Waals surface area contributed by atoms with Gasteiger partial charge in [-0.1, -0.05) is 23.7 Å². The topological polar surface area (TPSA) is 29.5 Å². The highest BCUT2D eigenvalue weighted by Gasteiger charge is 2.09. The fourth-order valence-electron chi connectivity index (χ4n) is 1.01. The van der Waals surface area contributed by atoms with E-state index in [4.69, 9.17) is 16.3 Å². The maximum absolute atomic E-state index is 9.28. The third kappa shape index (κ3) is 1.71. The highest BCUT2D eigenvalue weighted by Crippen LogP contribution is 2.31. The first-order valence-electron chi connectivity index (χ1n) is 3.67. The van der Waals surface area contributed by atoms with Crippen LogP contribution in [0.2, 0.25) is 5.02 Å². The van der Waals surface area contributed by atoms with E-state index in [1.807, 2.05) is 0 Å². The normalized spacial score (nSPS) is 12.7. The molecule has 3 heteroatoms. The Morgan fingerprint density at radius 1 is 1.50 bits per heavy atom. The fraction of sp³-hybridized carbons (Fsp3) is 0.333. The summed E-state index contributed by atoms with van der Waals surface area (Å²) in [6.45, 7) is 1.67. The first-order chi connectivity index (χ1) is 5.66. The highest BCUT2D eigenvalue weighted by atomic mass is 35.5. The maximum atomic E-state index is 9.28. The molecule has 0 saturated heterocycles. The number of benzene rings is 1. The Morgan fingerprint density at radius 3 is 2.67 bits per heavy atom. The summed E-state index contributed by atoms with van der Waals surface area (Å²) in [4.78, 5) is 0. The molecule has 0 aliphatic rings. The third-order valence-electron chi connectivity index (χ3n) is 1.66. The molecule has 12 heavy (non-hydrogen) atoms. The molecule has 0 fully saturated rings. The van der Waals surface area contributed by atoms with Gasteiger partial charge in [-0.2, -0.15) is 0 Å². The zero-order valence-corrected chi connectivity index (χ0v) is 7.80. The molecule has 1 rings (SSSR count). The number of rotatable bonds is 2. The lowest BCUT2D eigenvalue weighted by Gasteiger charge is -2.09. The zero-order chi connectivity index (χ0) is 9.14. The van der Waals surface area contributed by atoms with Crippen molar-refractivity contribution in [2.45, 2.75) is 13.0 Å². The molecule has 0 aromatic heterocycles. The van der Waals surface area contributed by atoms with Gasteiger partial charge in [0, 0.05) is 5.56 Å². The monoisotopic (exact) mass is 186 g/mol. The van der Waals surface area contributed by atoms with E-state index in [1.165, 1.54) is 0 Å². The number of methoxy groups -OCH3 is 1. The second-order valence-corrected chi connectivity index (χ2v) is 2.92. The van der Waals surface area contributed by atoms with E-state index in [-0.39, 0.29) is 0 Å². The molecule has 0 saturated carbocycles. The zero-order valence-electron chi connectivity index (χ0n) is 7.04. The fourth-order valence-corrected chi connectivity index (χ4v) is 1.37. The molecule has 0 aliphatic carbocycles. The molecule has 1 aromatic carbocycles. The molecule has 0 heterocycles. The van der Waals surface area contributed by atoms with Crippen molar-refractivity contribution in [1.82, 2.24) is 0 Å². The van der Waals surface area contributed by atoms with Crippen LogP contribution in [0.15, 0.2) is 18.2 Å². The van der Waals surface area contributed by atoms with Crippen molar-refractivity contribution in [3.05, 3.63) is 28.8 Å². The van der Waals surface area contributed by atoms with Crippen molar-refractivity contribution in [1.29, 1.82) is 0 Å². The van der Waals surface area contributed by atoms with Crippen LogP contribution < -0.4 is 4.74 Å². The second kappa shape index (κ2) is 3.78. The summed E-state index contributed by atoms with van der Waals surface area (Å²) < 4.78 is 4.99. The Bertz CT molecular complexity index is 271. The molecular formula is C9H11ClO2. The number of hydrogen-bond donors (Lipinski definition) is 1. The maximum Gasteiger partial charge on any atom is 0.137 e. The average Bonchev–Trinajstić information content (AvgIpc) is 2.04. The smallest absolute Gasteiger partial charge is 0.137 e. The quantitative estimate of drug-likeness (QED) is 0.769. The molecule has 66 valence electrons. The Hall–Kier alpha value is -0.730. The van der Waals surface area contributed by atoms with Crippen molar-refractivity contribution < 1.29 is 9.84 Å². The van der Waals surface area contributed by atoms with Crippen LogP contribution >= 0.6 is 11.6 Å². The van der Waals surface area contributed by atoms with Crippen LogP contribution in [0, 0.1) is 0 Å². The molecule has 0 radical (unpaired) electrons. The Morgan fingerprint density at radius 2 is 2.17 bits per heavy atom. The van der Waals surface area contributed by atoms with Crippen LogP contribution in [-0.2, 0) is 0 Å². The van der Waals surface area contributed by atoms with E-state index < -0.39 is 6.10 Å². The van der Waals surface area contributed by atoms with Gasteiger partial charge in [0.2, 0.25) is 0 Å². The minimum Gasteiger partial charge on any atom is -0.495 e. The molecular weight excluding hydrogens is 176 g/mol. The Labute approximate surface area is 76.7 Å². The van der Waals surface area contributed by atoms with Gasteiger partial charge < -0.3 is 9.84 Å². The number of ether oxygens (including phenoxy) is 1. The van der Waals surface area contributed by atoms with E-state index >= 15 is 0 Å². The summed E-state index contributed by atoms with van der Waals surface area (Å²) in [5, 5.41) is 9.77. The van der Waals surface area contributed by atoms with Crippen molar-refractivity contribution in [3.8, 4) is 5.75 Å². The highest BCUT2D eigenvalue weighted by molar-refractivity contribution is 6.32. The van der Waals surface area contributed by atoms with Gasteiger partial charge in [-0.3, -0.25) is 0 Å². The molecule has 2 nitrogen and oxygen atoms in total. The third-order valence-corrected chi connectivity index (χ3v) is 2.07. The van der Waals surface area contributed by atoms with Gasteiger partial charge in [0.1, 0.15) is 5.75 Å². The lowest BCUT2D eigenvalue weighted by molar-refractivity contribution is 0.199. The predicted molar refractivity (Wildman–Crippen MR) is 48.6 cm³/mol. The first-order valence-corrected chi connectivity index (χ1v) is 4.05. The molecule has 1 atom stereocenters. The molecule has 0 spiro atoms. The van der Waals surface area contributed by atoms with E-state index in [0.29, 0.717) is 16.3 Å². The lowest BCUT2D eigenvalue weighted by atomic mass is 10.1. The molecule has 1 aromatic rings. The summed E-state index contributed by atoms with van der Waals surface area (Å²) in [5.41, 5.74) is 0.691. The number of aliphatic hydroxyl groups is 1. The minimum absolute atomic E-state index is 0.481. The van der Waals surface area contributed by atoms with Crippen molar-refractivity contribution >= 4 is 11.6 Å². The van der Waals surface area contributed by atoms with Crippen LogP contribution in [0.1, 0.15) is 18.6 Å². The van der Waals surface area contributed by atoms with Gasteiger partial charge in [0.25, 0.3) is 0 Å². The summed E-state index contributed by atoms with van der Waals surface area (Å²) >= 11 is 5.92. The average molecular weight is 187 g/mol. The molecule has 0 amide bonds. The standard InChI is InChI=1S/C9H11ClO2/c1-6(11)7-4-3-5-8(12-2)9(7)10/h3-6,11H,1-2H3/t6-/m0/s1. The molecule has 0 bridgehead atoms. The van der Waals surface area contributed by atoms with Crippen molar-refractivity contribution in [3.63, 3.8) is 0 Å². The minimum atomic E-state index is -0.562. The van der Waals surface area contributed by atoms with E-state index in [9.17, 15) is 5.11 Å². The summed E-state index contributed by atoms with van der Waals surface area (Å²) in [6, 6.07) is 5.33. The summed E-state index contributed by atoms with van der Waals surface area (Å²) in [7, 11) is 1.55. The van der Waals surface area contributed by atoms with Crippen LogP contribution in [0.5, 0.6) is 5.75 Å². The summed E-state index contributed by atoms with van der Waals surface area (Å²) in [5.74, 6) is 0.593. The van der Waals surface area contributed by atoms with Crippen molar-refractivity contribution in [2.24, 2.45) is 0 Å². The molecule has 0 unspecified atom stereocenters. The van der Waals surface area contributed by atoms with Crippen LogP contribution in [0.4, 0.5) is 0 Å². The Kier molecular flexibility index (Phi) is 2.95. The van der Waals surface area contributed by atoms with Crippen LogP contribution in [-0.4, -0.2) is 12.2 Å². The first kappa shape index (κ1) is 9.36. The lowest BCUT2D eigenvalue weighted by Crippen LogP contribution is -1.94. The predicted octanol–water partition coefficient (Wildman–Crippen LogP) is 2.40. The Balaban J connectivity index is 3.14. The number of aliphatic hydroxyl groups excluding tert-OH is 1. The van der Waals surface area contributed by atoms with Crippen LogP contribution in [0.3, 0.4) is 0 Å². The second-order valence-electron chi connectivity index (χ2n) is 2.54. The van der Waals surface area contributed by atoms with Gasteiger partial charge in [-0.05, 0) is 13.0 Å². The largest absolute Gasteiger partial charge is 0.495 e. The molecule has 1 N–H and O–H groups in total. The van der Waals surface area contributed by atoms with Gasteiger partial charge in [0.15, 0.2) is 0 Å². The van der Waals surface area contributed by atoms with E-state index in [0.717, 1.165) is 0 Å². The SMILES string of the molecule is COc1cccc([C@H](C)O)c1Cl. The summed E-state index contributed by atoms with van der Waals surface area (Å²) in [6.07, 6.45) is -0.562. The van der Waals surface area contributed by atoms with Gasteiger partial charge in [-0.25, -0.2) is 0 Å². The molecule has 0 aliphatic heterocycles. The van der Waals surface area contributed by atoms with E-state index in [2.05, 4.69) is 0 Å². The van der Waals surface area contributed by atoms with Crippen molar-refractivity contribution in [2.75, 3.05) is 7.11 Å². The number of hydrogen-bond acceptors (Lipinski definition) is 2. The van der Waals surface area contributed by atoms with Gasteiger partial charge in [0.05, 0.1) is 18.2 Å². The van der Waals surface area contributed by atoms with Crippen LogP contribution in [0.25, 0.3) is 0 Å².